The Labute approximate surface area is 102 Å². The fourth-order valence-corrected chi connectivity index (χ4v) is 1.11. The monoisotopic (exact) mass is 238 g/mol. The van der Waals surface area contributed by atoms with Crippen LogP contribution in [0.2, 0.25) is 0 Å². The molecule has 0 bridgehead atoms. The van der Waals surface area contributed by atoms with Gasteiger partial charge in [-0.25, -0.2) is 0 Å². The summed E-state index contributed by atoms with van der Waals surface area (Å²) in [6.07, 6.45) is 11.2. The minimum atomic E-state index is -0.892. The Balaban J connectivity index is 4.35. The maximum absolute atomic E-state index is 11.3. The molecule has 0 atom stereocenters. The molecule has 0 saturated carbocycles. The van der Waals surface area contributed by atoms with Gasteiger partial charge in [0.05, 0.1) is 14.2 Å². The molecule has 0 saturated heterocycles. The minimum absolute atomic E-state index is 0.263. The predicted molar refractivity (Wildman–Crippen MR) is 65.2 cm³/mol. The van der Waals surface area contributed by atoms with E-state index in [-0.39, 0.29) is 6.42 Å². The van der Waals surface area contributed by atoms with E-state index >= 15 is 0 Å². The van der Waals surface area contributed by atoms with Gasteiger partial charge in [0.15, 0.2) is 5.92 Å². The van der Waals surface area contributed by atoms with E-state index in [4.69, 9.17) is 0 Å². The third kappa shape index (κ3) is 6.35. The second-order valence-electron chi connectivity index (χ2n) is 3.17. The second-order valence-corrected chi connectivity index (χ2v) is 3.17. The third-order valence-corrected chi connectivity index (χ3v) is 2.01. The van der Waals surface area contributed by atoms with Crippen LogP contribution in [0.15, 0.2) is 36.5 Å². The first kappa shape index (κ1) is 15.2. The zero-order valence-corrected chi connectivity index (χ0v) is 10.4. The Morgan fingerprint density at radius 3 is 2.00 bits per heavy atom. The number of hydrogen-bond acceptors (Lipinski definition) is 4. The van der Waals surface area contributed by atoms with E-state index in [1.807, 2.05) is 31.2 Å². The smallest absolute Gasteiger partial charge is 0.320 e. The van der Waals surface area contributed by atoms with Gasteiger partial charge in [0.25, 0.3) is 0 Å². The topological polar surface area (TPSA) is 52.6 Å². The lowest BCUT2D eigenvalue weighted by Gasteiger charge is -2.09. The van der Waals surface area contributed by atoms with Gasteiger partial charge in [0.2, 0.25) is 0 Å². The Kier molecular flexibility index (Phi) is 8.37. The highest BCUT2D eigenvalue weighted by molar-refractivity contribution is 5.94. The molecule has 0 unspecified atom stereocenters. The molecule has 4 heteroatoms. The summed E-state index contributed by atoms with van der Waals surface area (Å²) in [6, 6.07) is 0. The molecule has 0 aromatic carbocycles. The van der Waals surface area contributed by atoms with E-state index in [1.54, 1.807) is 12.2 Å². The number of esters is 2. The van der Waals surface area contributed by atoms with Crippen LogP contribution >= 0.6 is 0 Å². The van der Waals surface area contributed by atoms with Crippen molar-refractivity contribution >= 4 is 11.9 Å². The summed E-state index contributed by atoms with van der Waals surface area (Å²) < 4.78 is 9.06. The van der Waals surface area contributed by atoms with Crippen LogP contribution in [0, 0.1) is 5.92 Å². The average molecular weight is 238 g/mol. The number of methoxy groups -OCH3 is 2. The first-order chi connectivity index (χ1) is 8.17. The number of carbonyl (C=O) groups excluding carboxylic acids is 2. The third-order valence-electron chi connectivity index (χ3n) is 2.01. The van der Waals surface area contributed by atoms with Crippen LogP contribution < -0.4 is 0 Å². The largest absolute Gasteiger partial charge is 0.468 e. The predicted octanol–water partition coefficient (Wildman–Crippen LogP) is 2.03. The fourth-order valence-electron chi connectivity index (χ4n) is 1.11. The van der Waals surface area contributed by atoms with E-state index in [0.29, 0.717) is 0 Å². The lowest BCUT2D eigenvalue weighted by atomic mass is 10.1. The summed E-state index contributed by atoms with van der Waals surface area (Å²) >= 11 is 0. The zero-order valence-electron chi connectivity index (χ0n) is 10.4. The molecule has 0 aromatic heterocycles. The lowest BCUT2D eigenvalue weighted by Crippen LogP contribution is -2.25. The highest BCUT2D eigenvalue weighted by Gasteiger charge is 2.26. The van der Waals surface area contributed by atoms with E-state index < -0.39 is 17.9 Å². The molecule has 4 nitrogen and oxygen atoms in total. The molecule has 0 spiro atoms. The average Bonchev–Trinajstić information content (AvgIpc) is 2.36. The van der Waals surface area contributed by atoms with Gasteiger partial charge < -0.3 is 9.47 Å². The normalized spacial score (nSPS) is 11.8. The van der Waals surface area contributed by atoms with E-state index in [2.05, 4.69) is 9.47 Å². The summed E-state index contributed by atoms with van der Waals surface area (Å²) in [5, 5.41) is 0. The van der Waals surface area contributed by atoms with Crippen molar-refractivity contribution in [1.29, 1.82) is 0 Å². The first-order valence-corrected chi connectivity index (χ1v) is 5.27. The van der Waals surface area contributed by atoms with Crippen molar-refractivity contribution in [3.05, 3.63) is 36.5 Å². The van der Waals surface area contributed by atoms with Crippen molar-refractivity contribution in [2.75, 3.05) is 14.2 Å². The summed E-state index contributed by atoms with van der Waals surface area (Å²) in [5.74, 6) is -2.06. The van der Waals surface area contributed by atoms with Crippen molar-refractivity contribution < 1.29 is 19.1 Å². The van der Waals surface area contributed by atoms with Gasteiger partial charge in [-0.2, -0.15) is 0 Å². The van der Waals surface area contributed by atoms with E-state index in [1.165, 1.54) is 14.2 Å². The van der Waals surface area contributed by atoms with Gasteiger partial charge in [-0.1, -0.05) is 36.5 Å². The summed E-state index contributed by atoms with van der Waals surface area (Å²) in [6.45, 7) is 1.92. The Morgan fingerprint density at radius 2 is 1.53 bits per heavy atom. The summed E-state index contributed by atoms with van der Waals surface area (Å²) in [4.78, 5) is 22.6. The number of hydrogen-bond donors (Lipinski definition) is 0. The second kappa shape index (κ2) is 9.39. The molecule has 0 fully saturated rings. The Morgan fingerprint density at radius 1 is 1.00 bits per heavy atom. The van der Waals surface area contributed by atoms with Crippen molar-refractivity contribution in [2.45, 2.75) is 13.3 Å². The quantitative estimate of drug-likeness (QED) is 0.403. The standard InChI is InChI=1S/C13H18O4/c1-4-5-6-7-8-9-10-11(12(14)16-2)13(15)17-3/h4-9,11H,10H2,1-3H3/b5-4+,7-6+,9-8+. The van der Waals surface area contributed by atoms with Crippen LogP contribution in [0.5, 0.6) is 0 Å². The maximum Gasteiger partial charge on any atom is 0.320 e. The number of rotatable bonds is 6. The summed E-state index contributed by atoms with van der Waals surface area (Å²) in [5.41, 5.74) is 0. The van der Waals surface area contributed by atoms with Gasteiger partial charge in [0, 0.05) is 0 Å². The van der Waals surface area contributed by atoms with Crippen molar-refractivity contribution in [1.82, 2.24) is 0 Å². The highest BCUT2D eigenvalue weighted by atomic mass is 16.5. The molecule has 0 aliphatic carbocycles. The molecule has 0 aliphatic rings. The molecule has 0 aliphatic heterocycles. The molecule has 0 N–H and O–H groups in total. The minimum Gasteiger partial charge on any atom is -0.468 e. The first-order valence-electron chi connectivity index (χ1n) is 5.27. The molecular formula is C13H18O4. The van der Waals surface area contributed by atoms with Gasteiger partial charge in [-0.3, -0.25) is 9.59 Å². The van der Waals surface area contributed by atoms with Crippen LogP contribution in [-0.2, 0) is 19.1 Å². The van der Waals surface area contributed by atoms with Crippen LogP contribution in [-0.4, -0.2) is 26.2 Å². The summed E-state index contributed by atoms with van der Waals surface area (Å²) in [7, 11) is 2.49. The van der Waals surface area contributed by atoms with Gasteiger partial charge in [-0.15, -0.1) is 0 Å². The Bertz CT molecular complexity index is 310. The molecule has 17 heavy (non-hydrogen) atoms. The van der Waals surface area contributed by atoms with Crippen LogP contribution in [0.1, 0.15) is 13.3 Å². The zero-order chi connectivity index (χ0) is 13.1. The lowest BCUT2D eigenvalue weighted by molar-refractivity contribution is -0.158. The van der Waals surface area contributed by atoms with Crippen molar-refractivity contribution in [2.24, 2.45) is 5.92 Å². The Hall–Kier alpha value is -1.84. The van der Waals surface area contributed by atoms with Crippen LogP contribution in [0.25, 0.3) is 0 Å². The molecule has 0 amide bonds. The maximum atomic E-state index is 11.3. The van der Waals surface area contributed by atoms with E-state index in [0.717, 1.165) is 0 Å². The number of carbonyl (C=O) groups is 2. The molecule has 0 rings (SSSR count). The SMILES string of the molecule is C/C=C/C=C/C=C/CC(C(=O)OC)C(=O)OC. The van der Waals surface area contributed by atoms with Crippen LogP contribution in [0.4, 0.5) is 0 Å². The highest BCUT2D eigenvalue weighted by Crippen LogP contribution is 2.08. The van der Waals surface area contributed by atoms with E-state index in [9.17, 15) is 9.59 Å². The molecule has 0 radical (unpaired) electrons. The fraction of sp³-hybridized carbons (Fsp3) is 0.385. The van der Waals surface area contributed by atoms with Crippen LogP contribution in [0.3, 0.4) is 0 Å². The van der Waals surface area contributed by atoms with Gasteiger partial charge in [0.1, 0.15) is 0 Å². The van der Waals surface area contributed by atoms with Crippen molar-refractivity contribution in [3.63, 3.8) is 0 Å². The van der Waals surface area contributed by atoms with Crippen molar-refractivity contribution in [3.8, 4) is 0 Å². The number of allylic oxidation sites excluding steroid dienone is 6. The van der Waals surface area contributed by atoms with Gasteiger partial charge in [-0.05, 0) is 13.3 Å². The molecule has 94 valence electrons. The molecule has 0 aromatic rings. The molecule has 0 heterocycles. The number of ether oxygens (including phenoxy) is 2. The molecular weight excluding hydrogens is 220 g/mol. The van der Waals surface area contributed by atoms with Gasteiger partial charge >= 0.3 is 11.9 Å².